The molecule has 0 bridgehead atoms. The van der Waals surface area contributed by atoms with E-state index in [1.54, 1.807) is 0 Å². The minimum atomic E-state index is -1.74. The number of aliphatic hydroxyl groups is 9. The highest BCUT2D eigenvalue weighted by atomic mass is 16.7. The smallest absolute Gasteiger partial charge is 0.248 e. The number of rotatable bonds is 12. The van der Waals surface area contributed by atoms with Gasteiger partial charge in [-0.15, -0.1) is 0 Å². The first-order chi connectivity index (χ1) is 17.5. The lowest BCUT2D eigenvalue weighted by Gasteiger charge is -2.45. The first kappa shape index (κ1) is 34.0. The summed E-state index contributed by atoms with van der Waals surface area (Å²) in [5.41, 5.74) is 0. The van der Waals surface area contributed by atoms with Crippen molar-refractivity contribution in [3.63, 3.8) is 0 Å². The molecule has 2 aliphatic rings. The molecule has 1 unspecified atom stereocenters. The SMILES string of the molecule is CCCCCCCCNC(=O)C(C)O.OC[C@H]1O[C@@H](O[C@H]2[C@H](O)[C@@H](O)[C@H](O)O[C@@H]2CO)[C@H](O)[C@@H](O)[C@H]1O. The maximum Gasteiger partial charge on any atom is 0.248 e. The van der Waals surface area contributed by atoms with E-state index in [4.69, 9.17) is 24.4 Å². The van der Waals surface area contributed by atoms with Gasteiger partial charge in [-0.2, -0.15) is 0 Å². The fraction of sp³-hybridized carbons (Fsp3) is 0.957. The van der Waals surface area contributed by atoms with Crippen LogP contribution < -0.4 is 5.32 Å². The van der Waals surface area contributed by atoms with Gasteiger partial charge >= 0.3 is 0 Å². The van der Waals surface area contributed by atoms with Crippen LogP contribution in [-0.2, 0) is 19.0 Å². The third-order valence-electron chi connectivity index (χ3n) is 6.19. The first-order valence-electron chi connectivity index (χ1n) is 12.7. The average molecular weight is 544 g/mol. The number of aliphatic hydroxyl groups excluding tert-OH is 9. The molecule has 11 atom stereocenters. The zero-order chi connectivity index (χ0) is 28.1. The molecule has 0 aromatic rings. The Hall–Kier alpha value is -1.01. The standard InChI is InChI=1S/C12H22O11.C11H23NO2/c13-1-3-5(15)6(16)9(19)12(22-3)23-10-4(2-14)21-11(20)8(18)7(10)17;1-3-4-5-6-7-8-9-12-11(14)10(2)13/h3-20H,1-2H2;10,13H,3-9H2,1-2H3,(H,12,14)/t3-,4-,5+,6+,7-,8-,9-,10-,11-,12+;/m1./s1. The van der Waals surface area contributed by atoms with Crippen LogP contribution >= 0.6 is 0 Å². The van der Waals surface area contributed by atoms with Crippen LogP contribution in [0.5, 0.6) is 0 Å². The van der Waals surface area contributed by atoms with Crippen molar-refractivity contribution in [3.05, 3.63) is 0 Å². The van der Waals surface area contributed by atoms with Crippen molar-refractivity contribution < 1.29 is 65.0 Å². The monoisotopic (exact) mass is 543 g/mol. The molecule has 2 aliphatic heterocycles. The van der Waals surface area contributed by atoms with Gasteiger partial charge < -0.3 is 65.5 Å². The zero-order valence-corrected chi connectivity index (χ0v) is 21.4. The molecule has 0 aliphatic carbocycles. The molecule has 0 saturated carbocycles. The molecule has 220 valence electrons. The number of hydrogen-bond acceptors (Lipinski definition) is 13. The molecule has 37 heavy (non-hydrogen) atoms. The second kappa shape index (κ2) is 17.6. The van der Waals surface area contributed by atoms with Gasteiger partial charge in [-0.3, -0.25) is 4.79 Å². The number of nitrogens with one attached hydrogen (secondary N) is 1. The van der Waals surface area contributed by atoms with E-state index in [1.807, 2.05) is 0 Å². The van der Waals surface area contributed by atoms with Gasteiger partial charge in [-0.05, 0) is 13.3 Å². The topological polar surface area (TPSA) is 239 Å². The fourth-order valence-electron chi connectivity index (χ4n) is 3.83. The summed E-state index contributed by atoms with van der Waals surface area (Å²) in [6.07, 6.45) is -9.16. The van der Waals surface area contributed by atoms with Crippen LogP contribution in [0, 0.1) is 0 Å². The quantitative estimate of drug-likeness (QED) is 0.107. The Morgan fingerprint density at radius 3 is 1.97 bits per heavy atom. The van der Waals surface area contributed by atoms with Crippen LogP contribution in [0.2, 0.25) is 0 Å². The van der Waals surface area contributed by atoms with E-state index in [-0.39, 0.29) is 5.91 Å². The molecule has 2 saturated heterocycles. The minimum Gasteiger partial charge on any atom is -0.394 e. The second-order valence-electron chi connectivity index (χ2n) is 9.26. The number of carbonyl (C=O) groups is 1. The van der Waals surface area contributed by atoms with Gasteiger partial charge in [-0.1, -0.05) is 39.0 Å². The molecule has 10 N–H and O–H groups in total. The Labute approximate surface area is 216 Å². The maximum absolute atomic E-state index is 10.9. The highest BCUT2D eigenvalue weighted by Crippen LogP contribution is 2.28. The Kier molecular flexibility index (Phi) is 16.1. The Balaban J connectivity index is 0.000000422. The van der Waals surface area contributed by atoms with E-state index in [2.05, 4.69) is 12.2 Å². The molecule has 2 fully saturated rings. The largest absolute Gasteiger partial charge is 0.394 e. The van der Waals surface area contributed by atoms with E-state index in [9.17, 15) is 40.5 Å². The number of carbonyl (C=O) groups excluding carboxylic acids is 1. The summed E-state index contributed by atoms with van der Waals surface area (Å²) in [6.45, 7) is 3.03. The van der Waals surface area contributed by atoms with Crippen molar-refractivity contribution in [1.29, 1.82) is 0 Å². The van der Waals surface area contributed by atoms with E-state index in [0.29, 0.717) is 6.54 Å². The van der Waals surface area contributed by atoms with E-state index < -0.39 is 80.7 Å². The average Bonchev–Trinajstić information content (AvgIpc) is 2.88. The third-order valence-corrected chi connectivity index (χ3v) is 6.19. The summed E-state index contributed by atoms with van der Waals surface area (Å²) in [6, 6.07) is 0. The van der Waals surface area contributed by atoms with Gasteiger partial charge in [0.05, 0.1) is 13.2 Å². The summed E-state index contributed by atoms with van der Waals surface area (Å²) >= 11 is 0. The number of unbranched alkanes of at least 4 members (excludes halogenated alkanes) is 5. The van der Waals surface area contributed by atoms with Crippen molar-refractivity contribution in [3.8, 4) is 0 Å². The predicted octanol–water partition coefficient (Wildman–Crippen LogP) is -3.55. The van der Waals surface area contributed by atoms with Crippen molar-refractivity contribution in [2.75, 3.05) is 19.8 Å². The minimum absolute atomic E-state index is 0.265. The Morgan fingerprint density at radius 1 is 0.811 bits per heavy atom. The molecule has 0 aromatic carbocycles. The van der Waals surface area contributed by atoms with Crippen molar-refractivity contribution >= 4 is 5.91 Å². The number of ether oxygens (including phenoxy) is 3. The molecular formula is C23H45NO13. The molecule has 1 amide bonds. The summed E-state index contributed by atoms with van der Waals surface area (Å²) in [4.78, 5) is 10.9. The molecule has 0 spiro atoms. The van der Waals surface area contributed by atoms with E-state index in [1.165, 1.54) is 39.0 Å². The number of hydrogen-bond donors (Lipinski definition) is 10. The summed E-state index contributed by atoms with van der Waals surface area (Å²) in [7, 11) is 0. The summed E-state index contributed by atoms with van der Waals surface area (Å²) in [5.74, 6) is -0.265. The zero-order valence-electron chi connectivity index (χ0n) is 21.4. The van der Waals surface area contributed by atoms with Crippen LogP contribution in [0.15, 0.2) is 0 Å². The second-order valence-corrected chi connectivity index (χ2v) is 9.26. The van der Waals surface area contributed by atoms with Gasteiger partial charge in [0.2, 0.25) is 5.91 Å². The van der Waals surface area contributed by atoms with Gasteiger partial charge in [0.15, 0.2) is 12.6 Å². The highest BCUT2D eigenvalue weighted by Gasteiger charge is 2.50. The lowest BCUT2D eigenvalue weighted by atomic mass is 9.97. The van der Waals surface area contributed by atoms with Crippen LogP contribution in [0.1, 0.15) is 52.4 Å². The van der Waals surface area contributed by atoms with Crippen molar-refractivity contribution in [2.45, 2.75) is 120 Å². The highest BCUT2D eigenvalue weighted by molar-refractivity contribution is 5.79. The van der Waals surface area contributed by atoms with Crippen LogP contribution in [-0.4, -0.2) is 139 Å². The van der Waals surface area contributed by atoms with Crippen molar-refractivity contribution in [1.82, 2.24) is 5.32 Å². The van der Waals surface area contributed by atoms with E-state index >= 15 is 0 Å². The molecule has 2 heterocycles. The molecular weight excluding hydrogens is 498 g/mol. The van der Waals surface area contributed by atoms with Gasteiger partial charge in [-0.25, -0.2) is 0 Å². The first-order valence-corrected chi connectivity index (χ1v) is 12.7. The Morgan fingerprint density at radius 2 is 1.41 bits per heavy atom. The van der Waals surface area contributed by atoms with Gasteiger partial charge in [0.1, 0.15) is 54.9 Å². The third kappa shape index (κ3) is 10.6. The van der Waals surface area contributed by atoms with Gasteiger partial charge in [0.25, 0.3) is 0 Å². The predicted molar refractivity (Wildman–Crippen MR) is 127 cm³/mol. The molecule has 0 radical (unpaired) electrons. The maximum atomic E-state index is 10.9. The van der Waals surface area contributed by atoms with Crippen molar-refractivity contribution in [2.24, 2.45) is 0 Å². The van der Waals surface area contributed by atoms with E-state index in [0.717, 1.165) is 6.42 Å². The fourth-order valence-corrected chi connectivity index (χ4v) is 3.83. The lowest BCUT2D eigenvalue weighted by Crippen LogP contribution is -2.64. The summed E-state index contributed by atoms with van der Waals surface area (Å²) in [5, 5.41) is 88.1. The van der Waals surface area contributed by atoms with Crippen LogP contribution in [0.25, 0.3) is 0 Å². The Bertz CT molecular complexity index is 623. The molecule has 14 nitrogen and oxygen atoms in total. The molecule has 2 rings (SSSR count). The number of amides is 1. The summed E-state index contributed by atoms with van der Waals surface area (Å²) < 4.78 is 15.3. The van der Waals surface area contributed by atoms with Crippen LogP contribution in [0.3, 0.4) is 0 Å². The lowest BCUT2D eigenvalue weighted by molar-refractivity contribution is -0.355. The van der Waals surface area contributed by atoms with Gasteiger partial charge in [0, 0.05) is 6.54 Å². The molecule has 14 heteroatoms. The normalized spacial score (nSPS) is 36.8. The molecule has 0 aromatic heterocycles. The van der Waals surface area contributed by atoms with Crippen LogP contribution in [0.4, 0.5) is 0 Å².